The summed E-state index contributed by atoms with van der Waals surface area (Å²) in [7, 11) is 2.48. The van der Waals surface area contributed by atoms with Gasteiger partial charge >= 0.3 is 11.9 Å². The molecule has 0 aliphatic heterocycles. The topological polar surface area (TPSA) is 81.7 Å². The Morgan fingerprint density at radius 2 is 1.47 bits per heavy atom. The fourth-order valence-electron chi connectivity index (χ4n) is 1.03. The largest absolute Gasteiger partial charge is 0.469 e. The van der Waals surface area contributed by atoms with Crippen molar-refractivity contribution in [3.8, 4) is 0 Å². The van der Waals surface area contributed by atoms with E-state index in [1.54, 1.807) is 0 Å². The van der Waals surface area contributed by atoms with Crippen molar-refractivity contribution in [1.29, 1.82) is 0 Å². The van der Waals surface area contributed by atoms with Crippen molar-refractivity contribution in [2.45, 2.75) is 25.8 Å². The SMILES string of the molecule is COC(=O)CC(CC(=O)OC)NC(C)=O. The van der Waals surface area contributed by atoms with Crippen LogP contribution in [0.1, 0.15) is 19.8 Å². The fraction of sp³-hybridized carbons (Fsp3) is 0.667. The maximum absolute atomic E-state index is 10.9. The second kappa shape index (κ2) is 6.80. The van der Waals surface area contributed by atoms with Crippen LogP contribution in [0, 0.1) is 0 Å². The van der Waals surface area contributed by atoms with Gasteiger partial charge < -0.3 is 14.8 Å². The van der Waals surface area contributed by atoms with E-state index < -0.39 is 18.0 Å². The van der Waals surface area contributed by atoms with E-state index in [9.17, 15) is 14.4 Å². The summed E-state index contributed by atoms with van der Waals surface area (Å²) in [6, 6.07) is -0.581. The van der Waals surface area contributed by atoms with E-state index in [1.165, 1.54) is 21.1 Å². The number of esters is 2. The minimum atomic E-state index is -0.581. The van der Waals surface area contributed by atoms with E-state index >= 15 is 0 Å². The number of carbonyl (C=O) groups is 3. The second-order valence-electron chi connectivity index (χ2n) is 2.96. The highest BCUT2D eigenvalue weighted by Gasteiger charge is 2.19. The van der Waals surface area contributed by atoms with Crippen molar-refractivity contribution in [1.82, 2.24) is 5.32 Å². The number of nitrogens with one attached hydrogen (secondary N) is 1. The third-order valence-corrected chi connectivity index (χ3v) is 1.69. The summed E-state index contributed by atoms with van der Waals surface area (Å²) in [6.07, 6.45) is -0.101. The first kappa shape index (κ1) is 13.4. The van der Waals surface area contributed by atoms with E-state index in [1.807, 2.05) is 0 Å². The molecule has 6 heteroatoms. The Labute approximate surface area is 87.9 Å². The molecule has 0 spiro atoms. The Balaban J connectivity index is 4.23. The third-order valence-electron chi connectivity index (χ3n) is 1.69. The molecule has 0 heterocycles. The van der Waals surface area contributed by atoms with E-state index in [4.69, 9.17) is 0 Å². The predicted octanol–water partition coefficient (Wildman–Crippen LogP) is -0.383. The molecule has 0 unspecified atom stereocenters. The van der Waals surface area contributed by atoms with Crippen LogP contribution in [0.3, 0.4) is 0 Å². The number of hydrogen-bond acceptors (Lipinski definition) is 5. The molecule has 1 N–H and O–H groups in total. The van der Waals surface area contributed by atoms with Gasteiger partial charge in [-0.3, -0.25) is 14.4 Å². The average molecular weight is 217 g/mol. The standard InChI is InChI=1S/C9H15NO5/c1-6(11)10-7(4-8(12)14-2)5-9(13)15-3/h7H,4-5H2,1-3H3,(H,10,11). The van der Waals surface area contributed by atoms with Crippen molar-refractivity contribution >= 4 is 17.8 Å². The monoisotopic (exact) mass is 217 g/mol. The average Bonchev–Trinajstić information content (AvgIpc) is 2.16. The summed E-state index contributed by atoms with van der Waals surface area (Å²) in [5.41, 5.74) is 0. The lowest BCUT2D eigenvalue weighted by atomic mass is 10.1. The molecule has 1 amide bonds. The van der Waals surface area contributed by atoms with Crippen molar-refractivity contribution in [2.24, 2.45) is 0 Å². The summed E-state index contributed by atoms with van der Waals surface area (Å²) in [6.45, 7) is 1.31. The van der Waals surface area contributed by atoms with E-state index in [-0.39, 0.29) is 18.7 Å². The Bertz CT molecular complexity index is 233. The van der Waals surface area contributed by atoms with Crippen LogP contribution >= 0.6 is 0 Å². The van der Waals surface area contributed by atoms with Crippen LogP contribution in [-0.2, 0) is 23.9 Å². The molecular weight excluding hydrogens is 202 g/mol. The van der Waals surface area contributed by atoms with Crippen LogP contribution in [0.5, 0.6) is 0 Å². The van der Waals surface area contributed by atoms with Crippen LogP contribution in [0.15, 0.2) is 0 Å². The molecule has 86 valence electrons. The summed E-state index contributed by atoms with van der Waals surface area (Å²) in [4.78, 5) is 32.7. The first-order valence-corrected chi connectivity index (χ1v) is 4.40. The van der Waals surface area contributed by atoms with Crippen molar-refractivity contribution in [3.05, 3.63) is 0 Å². The highest BCUT2D eigenvalue weighted by Crippen LogP contribution is 2.01. The fourth-order valence-corrected chi connectivity index (χ4v) is 1.03. The minimum Gasteiger partial charge on any atom is -0.469 e. The van der Waals surface area contributed by atoms with Gasteiger partial charge in [-0.15, -0.1) is 0 Å². The minimum absolute atomic E-state index is 0.0504. The molecule has 0 aliphatic carbocycles. The van der Waals surface area contributed by atoms with Gasteiger partial charge in [0.1, 0.15) is 0 Å². The Hall–Kier alpha value is -1.59. The predicted molar refractivity (Wildman–Crippen MR) is 50.9 cm³/mol. The van der Waals surface area contributed by atoms with Gasteiger partial charge in [0.25, 0.3) is 0 Å². The van der Waals surface area contributed by atoms with Gasteiger partial charge in [-0.05, 0) is 0 Å². The molecule has 0 atom stereocenters. The zero-order chi connectivity index (χ0) is 11.8. The molecule has 0 aliphatic rings. The number of ether oxygens (including phenoxy) is 2. The third kappa shape index (κ3) is 6.48. The first-order valence-electron chi connectivity index (χ1n) is 4.40. The van der Waals surface area contributed by atoms with Gasteiger partial charge in [-0.2, -0.15) is 0 Å². The Morgan fingerprint density at radius 3 is 1.73 bits per heavy atom. The van der Waals surface area contributed by atoms with Crippen LogP contribution < -0.4 is 5.32 Å². The summed E-state index contributed by atoms with van der Waals surface area (Å²) >= 11 is 0. The van der Waals surface area contributed by atoms with E-state index in [0.717, 1.165) is 0 Å². The highest BCUT2D eigenvalue weighted by molar-refractivity contribution is 5.78. The smallest absolute Gasteiger partial charge is 0.307 e. The van der Waals surface area contributed by atoms with Gasteiger partial charge in [0.2, 0.25) is 5.91 Å². The van der Waals surface area contributed by atoms with Crippen molar-refractivity contribution in [3.63, 3.8) is 0 Å². The molecule has 0 bridgehead atoms. The van der Waals surface area contributed by atoms with Gasteiger partial charge in [-0.1, -0.05) is 0 Å². The molecule has 0 radical (unpaired) electrons. The van der Waals surface area contributed by atoms with E-state index in [0.29, 0.717) is 0 Å². The number of rotatable bonds is 5. The number of hydrogen-bond donors (Lipinski definition) is 1. The van der Waals surface area contributed by atoms with Crippen LogP contribution in [-0.4, -0.2) is 38.1 Å². The van der Waals surface area contributed by atoms with Crippen LogP contribution in [0.2, 0.25) is 0 Å². The van der Waals surface area contributed by atoms with Crippen molar-refractivity contribution in [2.75, 3.05) is 14.2 Å². The van der Waals surface area contributed by atoms with Gasteiger partial charge in [0.15, 0.2) is 0 Å². The highest BCUT2D eigenvalue weighted by atomic mass is 16.5. The lowest BCUT2D eigenvalue weighted by molar-refractivity contribution is -0.143. The molecule has 6 nitrogen and oxygen atoms in total. The van der Waals surface area contributed by atoms with Crippen molar-refractivity contribution < 1.29 is 23.9 Å². The second-order valence-corrected chi connectivity index (χ2v) is 2.96. The maximum atomic E-state index is 10.9. The van der Waals surface area contributed by atoms with Gasteiger partial charge in [0.05, 0.1) is 27.1 Å². The molecule has 15 heavy (non-hydrogen) atoms. The number of methoxy groups -OCH3 is 2. The molecule has 0 rings (SSSR count). The normalized spacial score (nSPS) is 9.60. The number of amides is 1. The molecule has 0 aromatic rings. The Kier molecular flexibility index (Phi) is 6.08. The van der Waals surface area contributed by atoms with Gasteiger partial charge in [0, 0.05) is 13.0 Å². The zero-order valence-electron chi connectivity index (χ0n) is 9.03. The quantitative estimate of drug-likeness (QED) is 0.635. The van der Waals surface area contributed by atoms with E-state index in [2.05, 4.69) is 14.8 Å². The molecule has 0 aromatic heterocycles. The van der Waals surface area contributed by atoms with Gasteiger partial charge in [-0.25, -0.2) is 0 Å². The molecule has 0 aromatic carbocycles. The zero-order valence-corrected chi connectivity index (χ0v) is 9.03. The summed E-state index contributed by atoms with van der Waals surface area (Å²) in [5, 5.41) is 2.47. The lowest BCUT2D eigenvalue weighted by Gasteiger charge is -2.14. The first-order chi connectivity index (χ1) is 6.99. The molecule has 0 saturated carbocycles. The maximum Gasteiger partial charge on any atom is 0.307 e. The van der Waals surface area contributed by atoms with Crippen LogP contribution in [0.4, 0.5) is 0 Å². The Morgan fingerprint density at radius 1 is 1.07 bits per heavy atom. The summed E-state index contributed by atoms with van der Waals surface area (Å²) < 4.78 is 8.87. The lowest BCUT2D eigenvalue weighted by Crippen LogP contribution is -2.37. The molecule has 0 saturated heterocycles. The molecular formula is C9H15NO5. The van der Waals surface area contributed by atoms with Crippen LogP contribution in [0.25, 0.3) is 0 Å². The summed E-state index contributed by atoms with van der Waals surface area (Å²) in [5.74, 6) is -1.29. The molecule has 0 fully saturated rings. The number of carbonyl (C=O) groups excluding carboxylic acids is 3.